The zero-order chi connectivity index (χ0) is 22.7. The third-order valence-electron chi connectivity index (χ3n) is 5.19. The monoisotopic (exact) mass is 434 g/mol. The van der Waals surface area contributed by atoms with Crippen LogP contribution in [0.4, 0.5) is 9.18 Å². The summed E-state index contributed by atoms with van der Waals surface area (Å²) in [5, 5.41) is 7.09. The van der Waals surface area contributed by atoms with Gasteiger partial charge in [0.25, 0.3) is 5.89 Å². The van der Waals surface area contributed by atoms with Crippen LogP contribution in [0.2, 0.25) is 0 Å². The molecule has 1 aliphatic rings. The number of benzene rings is 2. The van der Waals surface area contributed by atoms with Gasteiger partial charge in [0.15, 0.2) is 0 Å². The van der Waals surface area contributed by atoms with Crippen molar-refractivity contribution in [2.24, 2.45) is 0 Å². The van der Waals surface area contributed by atoms with E-state index in [0.717, 1.165) is 11.3 Å². The molecule has 164 valence electrons. The molecule has 0 aliphatic carbocycles. The lowest BCUT2D eigenvalue weighted by Gasteiger charge is -2.34. The van der Waals surface area contributed by atoms with E-state index in [9.17, 15) is 9.18 Å². The molecule has 2 heterocycles. The van der Waals surface area contributed by atoms with E-state index < -0.39 is 6.04 Å². The average molecular weight is 434 g/mol. The standard InChI is InChI=1S/C24H23FN4O3/c1-4-14-29-15(3)20(23-27-22(28-32-23)17-6-10-18(25)11-7-17)21(26-24(29)30)16-8-12-19(13-9-16)31-5-2/h4,6-13,21H,1,5,14H2,2-3H3,(H,26,30). The molecule has 32 heavy (non-hydrogen) atoms. The maximum absolute atomic E-state index is 13.3. The molecule has 0 spiro atoms. The minimum absolute atomic E-state index is 0.247. The smallest absolute Gasteiger partial charge is 0.322 e. The summed E-state index contributed by atoms with van der Waals surface area (Å²) in [4.78, 5) is 18.9. The second kappa shape index (κ2) is 9.05. The number of hydrogen-bond donors (Lipinski definition) is 1. The molecule has 0 radical (unpaired) electrons. The molecule has 3 aromatic rings. The quantitative estimate of drug-likeness (QED) is 0.532. The van der Waals surface area contributed by atoms with Crippen molar-refractivity contribution in [3.8, 4) is 17.1 Å². The highest BCUT2D eigenvalue weighted by Crippen LogP contribution is 2.37. The van der Waals surface area contributed by atoms with E-state index in [1.807, 2.05) is 38.1 Å². The fourth-order valence-electron chi connectivity index (χ4n) is 3.63. The first kappa shape index (κ1) is 21.3. The SMILES string of the molecule is C=CCN1C(=O)NC(c2ccc(OCC)cc2)C(c2nc(-c3ccc(F)cc3)no2)=C1C. The van der Waals surface area contributed by atoms with Crippen LogP contribution in [0.15, 0.2) is 71.4 Å². The fourth-order valence-corrected chi connectivity index (χ4v) is 3.63. The van der Waals surface area contributed by atoms with Crippen LogP contribution in [-0.2, 0) is 0 Å². The topological polar surface area (TPSA) is 80.5 Å². The Labute approximate surface area is 185 Å². The largest absolute Gasteiger partial charge is 0.494 e. The van der Waals surface area contributed by atoms with Crippen LogP contribution < -0.4 is 10.1 Å². The molecule has 7 nitrogen and oxygen atoms in total. The van der Waals surface area contributed by atoms with Gasteiger partial charge in [0, 0.05) is 17.8 Å². The molecular formula is C24H23FN4O3. The van der Waals surface area contributed by atoms with Gasteiger partial charge < -0.3 is 14.6 Å². The van der Waals surface area contributed by atoms with Gasteiger partial charge in [0.2, 0.25) is 5.82 Å². The number of allylic oxidation sites excluding steroid dienone is 1. The van der Waals surface area contributed by atoms with E-state index in [-0.39, 0.29) is 17.7 Å². The van der Waals surface area contributed by atoms with Crippen LogP contribution in [0.5, 0.6) is 5.75 Å². The van der Waals surface area contributed by atoms with Crippen LogP contribution >= 0.6 is 0 Å². The molecule has 1 atom stereocenters. The average Bonchev–Trinajstić information content (AvgIpc) is 3.27. The third-order valence-corrected chi connectivity index (χ3v) is 5.19. The molecule has 0 bridgehead atoms. The van der Waals surface area contributed by atoms with E-state index in [1.54, 1.807) is 23.1 Å². The minimum atomic E-state index is -0.499. The number of hydrogen-bond acceptors (Lipinski definition) is 5. The number of halogens is 1. The predicted molar refractivity (Wildman–Crippen MR) is 118 cm³/mol. The molecule has 4 rings (SSSR count). The highest BCUT2D eigenvalue weighted by Gasteiger charge is 2.35. The van der Waals surface area contributed by atoms with Crippen LogP contribution in [0, 0.1) is 5.82 Å². The zero-order valence-corrected chi connectivity index (χ0v) is 17.8. The highest BCUT2D eigenvalue weighted by atomic mass is 19.1. The van der Waals surface area contributed by atoms with Gasteiger partial charge in [0.1, 0.15) is 11.6 Å². The van der Waals surface area contributed by atoms with Crippen molar-refractivity contribution in [2.75, 3.05) is 13.2 Å². The number of aromatic nitrogens is 2. The highest BCUT2D eigenvalue weighted by molar-refractivity contribution is 5.87. The van der Waals surface area contributed by atoms with Gasteiger partial charge in [-0.2, -0.15) is 4.98 Å². The van der Waals surface area contributed by atoms with E-state index in [1.165, 1.54) is 12.1 Å². The molecule has 0 saturated carbocycles. The first-order valence-corrected chi connectivity index (χ1v) is 10.2. The Bertz CT molecular complexity index is 1150. The van der Waals surface area contributed by atoms with Crippen molar-refractivity contribution in [3.63, 3.8) is 0 Å². The number of carbonyl (C=O) groups excluding carboxylic acids is 1. The number of nitrogens with one attached hydrogen (secondary N) is 1. The first-order valence-electron chi connectivity index (χ1n) is 10.2. The zero-order valence-electron chi connectivity index (χ0n) is 17.8. The Morgan fingerprint density at radius 1 is 1.22 bits per heavy atom. The summed E-state index contributed by atoms with van der Waals surface area (Å²) in [5.41, 5.74) is 2.83. The lowest BCUT2D eigenvalue weighted by atomic mass is 9.94. The Balaban J connectivity index is 1.77. The Kier molecular flexibility index (Phi) is 6.02. The summed E-state index contributed by atoms with van der Waals surface area (Å²) in [7, 11) is 0. The molecule has 2 amide bonds. The normalized spacial score (nSPS) is 16.2. The number of nitrogens with zero attached hydrogens (tertiary/aromatic N) is 3. The molecule has 8 heteroatoms. The summed E-state index contributed by atoms with van der Waals surface area (Å²) in [5.74, 6) is 1.000. The van der Waals surface area contributed by atoms with Crippen molar-refractivity contribution >= 4 is 11.6 Å². The molecule has 0 fully saturated rings. The maximum atomic E-state index is 13.3. The summed E-state index contributed by atoms with van der Waals surface area (Å²) < 4.78 is 24.4. The molecule has 1 aromatic heterocycles. The molecule has 2 aromatic carbocycles. The van der Waals surface area contributed by atoms with E-state index in [2.05, 4.69) is 22.0 Å². The lowest BCUT2D eigenvalue weighted by molar-refractivity contribution is 0.209. The van der Waals surface area contributed by atoms with Gasteiger partial charge in [0.05, 0.1) is 18.2 Å². The Morgan fingerprint density at radius 3 is 2.59 bits per heavy atom. The van der Waals surface area contributed by atoms with Gasteiger partial charge in [-0.15, -0.1) is 6.58 Å². The van der Waals surface area contributed by atoms with Gasteiger partial charge in [-0.25, -0.2) is 9.18 Å². The van der Waals surface area contributed by atoms with Crippen LogP contribution in [0.3, 0.4) is 0 Å². The molecule has 0 saturated heterocycles. The maximum Gasteiger partial charge on any atom is 0.322 e. The number of urea groups is 1. The van der Waals surface area contributed by atoms with Gasteiger partial charge in [-0.3, -0.25) is 4.90 Å². The number of amides is 2. The summed E-state index contributed by atoms with van der Waals surface area (Å²) in [6.07, 6.45) is 1.65. The minimum Gasteiger partial charge on any atom is -0.494 e. The number of carbonyl (C=O) groups is 1. The van der Waals surface area contributed by atoms with Crippen LogP contribution in [0.1, 0.15) is 31.3 Å². The van der Waals surface area contributed by atoms with Crippen LogP contribution in [-0.4, -0.2) is 34.2 Å². The summed E-state index contributed by atoms with van der Waals surface area (Å²) in [6.45, 7) is 8.38. The first-order chi connectivity index (χ1) is 15.5. The Hall–Kier alpha value is -3.94. The number of rotatable bonds is 7. The van der Waals surface area contributed by atoms with Crippen molar-refractivity contribution in [2.45, 2.75) is 19.9 Å². The van der Waals surface area contributed by atoms with Crippen molar-refractivity contribution in [3.05, 3.63) is 84.2 Å². The summed E-state index contributed by atoms with van der Waals surface area (Å²) in [6, 6.07) is 12.6. The molecule has 1 aliphatic heterocycles. The lowest BCUT2D eigenvalue weighted by Crippen LogP contribution is -2.46. The second-order valence-corrected chi connectivity index (χ2v) is 7.21. The Morgan fingerprint density at radius 2 is 1.94 bits per heavy atom. The van der Waals surface area contributed by atoms with E-state index in [4.69, 9.17) is 9.26 Å². The van der Waals surface area contributed by atoms with Crippen molar-refractivity contribution in [1.82, 2.24) is 20.4 Å². The predicted octanol–water partition coefficient (Wildman–Crippen LogP) is 4.96. The third kappa shape index (κ3) is 4.12. The van der Waals surface area contributed by atoms with Gasteiger partial charge in [-0.05, 0) is 55.8 Å². The van der Waals surface area contributed by atoms with Crippen molar-refractivity contribution in [1.29, 1.82) is 0 Å². The molecular weight excluding hydrogens is 411 g/mol. The second-order valence-electron chi connectivity index (χ2n) is 7.21. The molecule has 1 N–H and O–H groups in total. The fraction of sp³-hybridized carbons (Fsp3) is 0.208. The molecule has 1 unspecified atom stereocenters. The number of ether oxygens (including phenoxy) is 1. The van der Waals surface area contributed by atoms with E-state index >= 15 is 0 Å². The summed E-state index contributed by atoms with van der Waals surface area (Å²) >= 11 is 0. The van der Waals surface area contributed by atoms with Crippen molar-refractivity contribution < 1.29 is 18.4 Å². The van der Waals surface area contributed by atoms with E-state index in [0.29, 0.717) is 35.8 Å². The van der Waals surface area contributed by atoms with Gasteiger partial charge in [-0.1, -0.05) is 23.4 Å². The van der Waals surface area contributed by atoms with Gasteiger partial charge >= 0.3 is 6.03 Å². The van der Waals surface area contributed by atoms with Crippen LogP contribution in [0.25, 0.3) is 17.0 Å².